The van der Waals surface area contributed by atoms with Gasteiger partial charge in [-0.25, -0.2) is 0 Å². The van der Waals surface area contributed by atoms with Gasteiger partial charge >= 0.3 is 0 Å². The molecule has 4 heteroatoms. The molecule has 0 radical (unpaired) electrons. The van der Waals surface area contributed by atoms with E-state index in [9.17, 15) is 4.79 Å². The number of hydrogen-bond donors (Lipinski definition) is 1. The van der Waals surface area contributed by atoms with E-state index in [4.69, 9.17) is 4.74 Å². The zero-order valence-corrected chi connectivity index (χ0v) is 10.9. The minimum atomic E-state index is -0.0660. The highest BCUT2D eigenvalue weighted by Crippen LogP contribution is 2.17. The topological polar surface area (TPSA) is 41.6 Å². The summed E-state index contributed by atoms with van der Waals surface area (Å²) >= 11 is 0. The van der Waals surface area contributed by atoms with Gasteiger partial charge in [-0.05, 0) is 12.6 Å². The smallest absolute Gasteiger partial charge is 0.229 e. The third kappa shape index (κ3) is 2.89. The van der Waals surface area contributed by atoms with Gasteiger partial charge in [-0.15, -0.1) is 0 Å². The van der Waals surface area contributed by atoms with E-state index in [0.29, 0.717) is 19.8 Å². The summed E-state index contributed by atoms with van der Waals surface area (Å²) in [7, 11) is 3.72. The fraction of sp³-hybridized carbons (Fsp3) is 0.500. The van der Waals surface area contributed by atoms with Gasteiger partial charge < -0.3 is 15.0 Å². The maximum Gasteiger partial charge on any atom is 0.229 e. The van der Waals surface area contributed by atoms with Gasteiger partial charge in [0.15, 0.2) is 0 Å². The molecule has 2 rings (SSSR count). The Morgan fingerprint density at radius 1 is 1.39 bits per heavy atom. The number of amides is 1. The van der Waals surface area contributed by atoms with E-state index in [1.807, 2.05) is 44.4 Å². The standard InChI is InChI=1S/C14H20N2O2/c1-15-13-10-18-9-12(13)14(17)16(2)8-11-6-4-3-5-7-11/h3-7,12-13,15H,8-10H2,1-2H3. The van der Waals surface area contributed by atoms with Crippen molar-refractivity contribution >= 4 is 5.91 Å². The Balaban J connectivity index is 1.96. The van der Waals surface area contributed by atoms with Gasteiger partial charge in [0.1, 0.15) is 0 Å². The van der Waals surface area contributed by atoms with Crippen molar-refractivity contribution in [3.63, 3.8) is 0 Å². The van der Waals surface area contributed by atoms with Crippen LogP contribution in [0.3, 0.4) is 0 Å². The average Bonchev–Trinajstić information content (AvgIpc) is 2.87. The van der Waals surface area contributed by atoms with Crippen molar-refractivity contribution < 1.29 is 9.53 Å². The molecule has 18 heavy (non-hydrogen) atoms. The molecule has 0 bridgehead atoms. The molecular weight excluding hydrogens is 228 g/mol. The summed E-state index contributed by atoms with van der Waals surface area (Å²) in [4.78, 5) is 14.1. The van der Waals surface area contributed by atoms with E-state index in [1.165, 1.54) is 0 Å². The molecule has 1 saturated heterocycles. The van der Waals surface area contributed by atoms with Crippen LogP contribution < -0.4 is 5.32 Å². The molecule has 2 atom stereocenters. The van der Waals surface area contributed by atoms with Crippen molar-refractivity contribution in [1.29, 1.82) is 0 Å². The Kier molecular flexibility index (Phi) is 4.33. The summed E-state index contributed by atoms with van der Waals surface area (Å²) in [5.41, 5.74) is 1.15. The van der Waals surface area contributed by atoms with E-state index < -0.39 is 0 Å². The first-order valence-electron chi connectivity index (χ1n) is 6.26. The summed E-state index contributed by atoms with van der Waals surface area (Å²) in [5, 5.41) is 3.14. The molecule has 0 saturated carbocycles. The third-order valence-corrected chi connectivity index (χ3v) is 3.41. The number of nitrogens with zero attached hydrogens (tertiary/aromatic N) is 1. The maximum atomic E-state index is 12.3. The van der Waals surface area contributed by atoms with E-state index in [1.54, 1.807) is 4.90 Å². The van der Waals surface area contributed by atoms with Crippen molar-refractivity contribution in [2.24, 2.45) is 5.92 Å². The molecule has 1 fully saturated rings. The van der Waals surface area contributed by atoms with Gasteiger partial charge in [-0.3, -0.25) is 4.79 Å². The summed E-state index contributed by atoms with van der Waals surface area (Å²) in [6.45, 7) is 1.78. The van der Waals surface area contributed by atoms with Crippen LogP contribution in [0.15, 0.2) is 30.3 Å². The molecule has 2 unspecified atom stereocenters. The Labute approximate surface area is 108 Å². The minimum Gasteiger partial charge on any atom is -0.379 e. The first-order valence-corrected chi connectivity index (χ1v) is 6.26. The molecule has 1 aliphatic rings. The summed E-state index contributed by atoms with van der Waals surface area (Å²) < 4.78 is 5.37. The zero-order chi connectivity index (χ0) is 13.0. The number of carbonyl (C=O) groups is 1. The van der Waals surface area contributed by atoms with Crippen molar-refractivity contribution in [1.82, 2.24) is 10.2 Å². The fourth-order valence-corrected chi connectivity index (χ4v) is 2.30. The maximum absolute atomic E-state index is 12.3. The normalized spacial score (nSPS) is 23.0. The lowest BCUT2D eigenvalue weighted by atomic mass is 10.0. The van der Waals surface area contributed by atoms with Crippen molar-refractivity contribution in [3.05, 3.63) is 35.9 Å². The quantitative estimate of drug-likeness (QED) is 0.860. The van der Waals surface area contributed by atoms with E-state index in [-0.39, 0.29) is 17.9 Å². The monoisotopic (exact) mass is 248 g/mol. The van der Waals surface area contributed by atoms with Crippen LogP contribution in [0.4, 0.5) is 0 Å². The summed E-state index contributed by atoms with van der Waals surface area (Å²) in [6, 6.07) is 10.2. The Hall–Kier alpha value is -1.39. The van der Waals surface area contributed by atoms with E-state index in [0.717, 1.165) is 5.56 Å². The largest absolute Gasteiger partial charge is 0.379 e. The van der Waals surface area contributed by atoms with Crippen molar-refractivity contribution in [2.75, 3.05) is 27.3 Å². The molecule has 1 heterocycles. The Morgan fingerprint density at radius 3 is 2.78 bits per heavy atom. The number of ether oxygens (including phenoxy) is 1. The lowest BCUT2D eigenvalue weighted by molar-refractivity contribution is -0.135. The molecule has 1 aromatic rings. The van der Waals surface area contributed by atoms with Crippen LogP contribution in [0.1, 0.15) is 5.56 Å². The molecule has 0 aliphatic carbocycles. The van der Waals surface area contributed by atoms with Crippen LogP contribution >= 0.6 is 0 Å². The molecule has 4 nitrogen and oxygen atoms in total. The number of carbonyl (C=O) groups excluding carboxylic acids is 1. The number of benzene rings is 1. The summed E-state index contributed by atoms with van der Waals surface area (Å²) in [6.07, 6.45) is 0. The molecule has 0 aromatic heterocycles. The number of likely N-dealkylation sites (N-methyl/N-ethyl adjacent to an activating group) is 1. The highest BCUT2D eigenvalue weighted by atomic mass is 16.5. The molecule has 1 aromatic carbocycles. The van der Waals surface area contributed by atoms with Crippen LogP contribution in [0.2, 0.25) is 0 Å². The van der Waals surface area contributed by atoms with Crippen molar-refractivity contribution in [2.45, 2.75) is 12.6 Å². The zero-order valence-electron chi connectivity index (χ0n) is 10.9. The second-order valence-electron chi connectivity index (χ2n) is 4.72. The van der Waals surface area contributed by atoms with Gasteiger partial charge in [0, 0.05) is 19.6 Å². The number of hydrogen-bond acceptors (Lipinski definition) is 3. The van der Waals surface area contributed by atoms with Crippen LogP contribution in [0, 0.1) is 5.92 Å². The highest BCUT2D eigenvalue weighted by molar-refractivity contribution is 5.79. The van der Waals surface area contributed by atoms with Gasteiger partial charge in [0.25, 0.3) is 0 Å². The second kappa shape index (κ2) is 5.98. The van der Waals surface area contributed by atoms with Gasteiger partial charge in [-0.2, -0.15) is 0 Å². The minimum absolute atomic E-state index is 0.0660. The first kappa shape index (κ1) is 13.1. The van der Waals surface area contributed by atoms with Gasteiger partial charge in [0.05, 0.1) is 19.1 Å². The molecule has 0 spiro atoms. The van der Waals surface area contributed by atoms with Gasteiger partial charge in [0.2, 0.25) is 5.91 Å². The van der Waals surface area contributed by atoms with Crippen molar-refractivity contribution in [3.8, 4) is 0 Å². The fourth-order valence-electron chi connectivity index (χ4n) is 2.30. The molecule has 1 aliphatic heterocycles. The average molecular weight is 248 g/mol. The van der Waals surface area contributed by atoms with Gasteiger partial charge in [-0.1, -0.05) is 30.3 Å². The van der Waals surface area contributed by atoms with Crippen LogP contribution in [0.5, 0.6) is 0 Å². The Morgan fingerprint density at radius 2 is 2.11 bits per heavy atom. The summed E-state index contributed by atoms with van der Waals surface area (Å²) in [5.74, 6) is 0.0828. The van der Waals surface area contributed by atoms with E-state index in [2.05, 4.69) is 5.32 Å². The predicted molar refractivity (Wildman–Crippen MR) is 70.1 cm³/mol. The first-order chi connectivity index (χ1) is 8.72. The highest BCUT2D eigenvalue weighted by Gasteiger charge is 2.34. The predicted octanol–water partition coefficient (Wildman–Crippen LogP) is 0.879. The molecule has 98 valence electrons. The third-order valence-electron chi connectivity index (χ3n) is 3.41. The Bertz CT molecular complexity index is 394. The number of rotatable bonds is 4. The van der Waals surface area contributed by atoms with Crippen LogP contribution in [0.25, 0.3) is 0 Å². The van der Waals surface area contributed by atoms with Crippen LogP contribution in [-0.2, 0) is 16.1 Å². The van der Waals surface area contributed by atoms with E-state index >= 15 is 0 Å². The van der Waals surface area contributed by atoms with Crippen LogP contribution in [-0.4, -0.2) is 44.2 Å². The second-order valence-corrected chi connectivity index (χ2v) is 4.72. The lowest BCUT2D eigenvalue weighted by Crippen LogP contribution is -2.43. The number of nitrogens with one attached hydrogen (secondary N) is 1. The molecule has 1 amide bonds. The SMILES string of the molecule is CNC1COCC1C(=O)N(C)Cc1ccccc1. The lowest BCUT2D eigenvalue weighted by Gasteiger charge is -2.23. The molecule has 1 N–H and O–H groups in total. The molecular formula is C14H20N2O2.